The molecular formula is C17H24N2O4. The molecule has 2 N–H and O–H groups in total. The highest BCUT2D eigenvalue weighted by molar-refractivity contribution is 5.96. The van der Waals surface area contributed by atoms with Crippen molar-refractivity contribution in [3.8, 4) is 5.75 Å². The number of nitrogens with one attached hydrogen (secondary N) is 1. The van der Waals surface area contributed by atoms with Gasteiger partial charge in [-0.3, -0.25) is 4.79 Å². The Balaban J connectivity index is 1.84. The number of piperidine rings is 1. The molecule has 1 heterocycles. The summed E-state index contributed by atoms with van der Waals surface area (Å²) in [5.74, 6) is -0.324. The van der Waals surface area contributed by atoms with Gasteiger partial charge in [0, 0.05) is 19.1 Å². The highest BCUT2D eigenvalue weighted by atomic mass is 16.6. The maximum Gasteiger partial charge on any atom is 0.410 e. The third kappa shape index (κ3) is 4.87. The molecule has 6 nitrogen and oxygen atoms in total. The van der Waals surface area contributed by atoms with E-state index in [4.69, 9.17) is 4.74 Å². The molecule has 0 radical (unpaired) electrons. The molecule has 1 saturated heterocycles. The number of phenolic OH excluding ortho intramolecular Hbond substituents is 1. The maximum absolute atomic E-state index is 12.2. The Hall–Kier alpha value is -2.24. The van der Waals surface area contributed by atoms with Crippen LogP contribution in [0.5, 0.6) is 5.75 Å². The van der Waals surface area contributed by atoms with Crippen LogP contribution in [-0.2, 0) is 4.74 Å². The molecule has 0 spiro atoms. The van der Waals surface area contributed by atoms with Gasteiger partial charge in [-0.1, -0.05) is 12.1 Å². The lowest BCUT2D eigenvalue weighted by molar-refractivity contribution is 0.0199. The average Bonchev–Trinajstić information content (AvgIpc) is 2.46. The Labute approximate surface area is 136 Å². The Bertz CT molecular complexity index is 572. The molecular weight excluding hydrogens is 296 g/mol. The summed E-state index contributed by atoms with van der Waals surface area (Å²) in [5.41, 5.74) is -0.241. The summed E-state index contributed by atoms with van der Waals surface area (Å²) in [5, 5.41) is 12.6. The Morgan fingerprint density at radius 3 is 2.39 bits per heavy atom. The van der Waals surface area contributed by atoms with E-state index in [0.29, 0.717) is 25.9 Å². The number of nitrogens with zero attached hydrogens (tertiary/aromatic N) is 1. The number of hydrogen-bond acceptors (Lipinski definition) is 4. The lowest BCUT2D eigenvalue weighted by Crippen LogP contribution is -2.47. The van der Waals surface area contributed by atoms with Crippen LogP contribution in [0.3, 0.4) is 0 Å². The summed E-state index contributed by atoms with van der Waals surface area (Å²) in [6, 6.07) is 6.44. The lowest BCUT2D eigenvalue weighted by atomic mass is 10.0. The van der Waals surface area contributed by atoms with Crippen LogP contribution in [0.1, 0.15) is 44.0 Å². The first kappa shape index (κ1) is 17.1. The molecule has 0 saturated carbocycles. The molecule has 0 aliphatic carbocycles. The smallest absolute Gasteiger partial charge is 0.410 e. The van der Waals surface area contributed by atoms with Crippen molar-refractivity contribution in [3.63, 3.8) is 0 Å². The molecule has 0 atom stereocenters. The predicted molar refractivity (Wildman–Crippen MR) is 86.4 cm³/mol. The van der Waals surface area contributed by atoms with Gasteiger partial charge in [0.2, 0.25) is 0 Å². The molecule has 23 heavy (non-hydrogen) atoms. The molecule has 2 rings (SSSR count). The van der Waals surface area contributed by atoms with E-state index in [9.17, 15) is 14.7 Å². The van der Waals surface area contributed by atoms with Crippen molar-refractivity contribution in [2.45, 2.75) is 45.3 Å². The molecule has 0 unspecified atom stereocenters. The van der Waals surface area contributed by atoms with Gasteiger partial charge >= 0.3 is 6.09 Å². The van der Waals surface area contributed by atoms with E-state index in [1.807, 2.05) is 20.8 Å². The van der Waals surface area contributed by atoms with E-state index in [0.717, 1.165) is 0 Å². The van der Waals surface area contributed by atoms with Gasteiger partial charge in [0.15, 0.2) is 0 Å². The van der Waals surface area contributed by atoms with Gasteiger partial charge in [0.1, 0.15) is 11.4 Å². The number of rotatable bonds is 2. The van der Waals surface area contributed by atoms with Gasteiger partial charge in [-0.15, -0.1) is 0 Å². The largest absolute Gasteiger partial charge is 0.507 e. The van der Waals surface area contributed by atoms with Crippen molar-refractivity contribution in [1.82, 2.24) is 10.2 Å². The topological polar surface area (TPSA) is 78.9 Å². The summed E-state index contributed by atoms with van der Waals surface area (Å²) in [6.07, 6.45) is 1.01. The maximum atomic E-state index is 12.2. The minimum atomic E-state index is -0.507. The Kier molecular flexibility index (Phi) is 5.13. The summed E-state index contributed by atoms with van der Waals surface area (Å²) in [4.78, 5) is 25.8. The van der Waals surface area contributed by atoms with E-state index in [-0.39, 0.29) is 29.4 Å². The summed E-state index contributed by atoms with van der Waals surface area (Å²) < 4.78 is 5.35. The second kappa shape index (κ2) is 6.89. The van der Waals surface area contributed by atoms with Crippen LogP contribution in [0.2, 0.25) is 0 Å². The molecule has 0 aromatic heterocycles. The second-order valence-electron chi connectivity index (χ2n) is 6.73. The summed E-state index contributed by atoms with van der Waals surface area (Å²) >= 11 is 0. The number of likely N-dealkylation sites (tertiary alicyclic amines) is 1. The fourth-order valence-electron chi connectivity index (χ4n) is 2.46. The number of carbonyl (C=O) groups is 2. The first-order chi connectivity index (χ1) is 10.8. The molecule has 0 bridgehead atoms. The van der Waals surface area contributed by atoms with Gasteiger partial charge in [-0.05, 0) is 45.7 Å². The molecule has 2 amide bonds. The Morgan fingerprint density at radius 2 is 1.83 bits per heavy atom. The van der Waals surface area contributed by atoms with Crippen molar-refractivity contribution >= 4 is 12.0 Å². The van der Waals surface area contributed by atoms with Gasteiger partial charge in [-0.25, -0.2) is 4.79 Å². The minimum Gasteiger partial charge on any atom is -0.507 e. The molecule has 1 aliphatic rings. The number of amides is 2. The first-order valence-electron chi connectivity index (χ1n) is 7.83. The highest BCUT2D eigenvalue weighted by Crippen LogP contribution is 2.18. The SMILES string of the molecule is CC(C)(C)OC(=O)N1CCC(NC(=O)c2ccccc2O)CC1. The minimum absolute atomic E-state index is 0.0132. The molecule has 1 fully saturated rings. The zero-order chi connectivity index (χ0) is 17.0. The van der Waals surface area contributed by atoms with Gasteiger partial charge in [-0.2, -0.15) is 0 Å². The number of phenols is 1. The van der Waals surface area contributed by atoms with Crippen molar-refractivity contribution in [2.75, 3.05) is 13.1 Å². The van der Waals surface area contributed by atoms with Crippen LogP contribution >= 0.6 is 0 Å². The van der Waals surface area contributed by atoms with Crippen LogP contribution in [0.4, 0.5) is 4.79 Å². The van der Waals surface area contributed by atoms with Gasteiger partial charge < -0.3 is 20.1 Å². The highest BCUT2D eigenvalue weighted by Gasteiger charge is 2.27. The van der Waals surface area contributed by atoms with Gasteiger partial charge in [0.25, 0.3) is 5.91 Å². The van der Waals surface area contributed by atoms with Crippen LogP contribution in [-0.4, -0.2) is 46.7 Å². The quantitative estimate of drug-likeness (QED) is 0.877. The molecule has 1 aliphatic heterocycles. The number of para-hydroxylation sites is 1. The van der Waals surface area contributed by atoms with Crippen molar-refractivity contribution in [1.29, 1.82) is 0 Å². The number of ether oxygens (including phenoxy) is 1. The number of benzene rings is 1. The number of aromatic hydroxyl groups is 1. The zero-order valence-corrected chi connectivity index (χ0v) is 13.8. The number of hydrogen-bond donors (Lipinski definition) is 2. The van der Waals surface area contributed by atoms with Gasteiger partial charge in [0.05, 0.1) is 5.56 Å². The third-order valence-corrected chi connectivity index (χ3v) is 3.63. The van der Waals surface area contributed by atoms with E-state index in [1.165, 1.54) is 6.07 Å². The predicted octanol–water partition coefficient (Wildman–Crippen LogP) is 2.52. The van der Waals surface area contributed by atoms with Crippen LogP contribution < -0.4 is 5.32 Å². The first-order valence-corrected chi connectivity index (χ1v) is 7.83. The van der Waals surface area contributed by atoms with Crippen molar-refractivity contribution in [3.05, 3.63) is 29.8 Å². The van der Waals surface area contributed by atoms with E-state index in [2.05, 4.69) is 5.32 Å². The third-order valence-electron chi connectivity index (χ3n) is 3.63. The summed E-state index contributed by atoms with van der Waals surface area (Å²) in [7, 11) is 0. The van der Waals surface area contributed by atoms with Crippen LogP contribution in [0, 0.1) is 0 Å². The fourth-order valence-corrected chi connectivity index (χ4v) is 2.46. The molecule has 6 heteroatoms. The summed E-state index contributed by atoms with van der Waals surface area (Å²) in [6.45, 7) is 6.60. The molecule has 1 aromatic rings. The van der Waals surface area contributed by atoms with Crippen molar-refractivity contribution in [2.24, 2.45) is 0 Å². The van der Waals surface area contributed by atoms with E-state index in [1.54, 1.807) is 23.1 Å². The normalized spacial score (nSPS) is 16.0. The van der Waals surface area contributed by atoms with E-state index >= 15 is 0 Å². The Morgan fingerprint density at radius 1 is 1.22 bits per heavy atom. The van der Waals surface area contributed by atoms with E-state index < -0.39 is 5.60 Å². The lowest BCUT2D eigenvalue weighted by Gasteiger charge is -2.33. The standard InChI is InChI=1S/C17H24N2O4/c1-17(2,3)23-16(22)19-10-8-12(9-11-19)18-15(21)13-6-4-5-7-14(13)20/h4-7,12,20H,8-11H2,1-3H3,(H,18,21). The van der Waals surface area contributed by atoms with Crippen LogP contribution in [0.25, 0.3) is 0 Å². The average molecular weight is 320 g/mol. The molecule has 126 valence electrons. The molecule has 1 aromatic carbocycles. The second-order valence-corrected chi connectivity index (χ2v) is 6.73. The monoisotopic (exact) mass is 320 g/mol. The number of carbonyl (C=O) groups excluding carboxylic acids is 2. The van der Waals surface area contributed by atoms with Crippen LogP contribution in [0.15, 0.2) is 24.3 Å². The zero-order valence-electron chi connectivity index (χ0n) is 13.8. The van der Waals surface area contributed by atoms with Crippen molar-refractivity contribution < 1.29 is 19.4 Å². The fraction of sp³-hybridized carbons (Fsp3) is 0.529.